The lowest BCUT2D eigenvalue weighted by atomic mass is 9.75. The quantitative estimate of drug-likeness (QED) is 0.423. The maximum Gasteiger partial charge on any atom is 0.0146 e. The second kappa shape index (κ2) is 8.74. The third-order valence-electron chi connectivity index (χ3n) is 5.70. The SMILES string of the molecule is C=CCc1cc(C(C)(C)c2ccc(C(C)C)c(CC=C)c2)ccc1C(C)C. The molecule has 0 heteroatoms. The minimum Gasteiger partial charge on any atom is -0.103 e. The van der Waals surface area contributed by atoms with Crippen molar-refractivity contribution in [3.05, 3.63) is 95.1 Å². The van der Waals surface area contributed by atoms with Gasteiger partial charge in [-0.3, -0.25) is 0 Å². The van der Waals surface area contributed by atoms with E-state index >= 15 is 0 Å². The first-order valence-electron chi connectivity index (χ1n) is 10.2. The highest BCUT2D eigenvalue weighted by molar-refractivity contribution is 5.46. The number of allylic oxidation sites excluding steroid dienone is 2. The van der Waals surface area contributed by atoms with Crippen molar-refractivity contribution < 1.29 is 0 Å². The highest BCUT2D eigenvalue weighted by Crippen LogP contribution is 2.36. The summed E-state index contributed by atoms with van der Waals surface area (Å²) in [5, 5.41) is 0. The maximum atomic E-state index is 3.96. The molecule has 0 aliphatic rings. The van der Waals surface area contributed by atoms with E-state index in [9.17, 15) is 0 Å². The Morgan fingerprint density at radius 3 is 1.41 bits per heavy atom. The Labute approximate surface area is 167 Å². The molecule has 27 heavy (non-hydrogen) atoms. The van der Waals surface area contributed by atoms with Crippen molar-refractivity contribution in [2.45, 2.75) is 71.6 Å². The van der Waals surface area contributed by atoms with E-state index in [1.807, 2.05) is 12.2 Å². The van der Waals surface area contributed by atoms with Crippen LogP contribution >= 0.6 is 0 Å². The Balaban J connectivity index is 2.54. The molecule has 0 unspecified atom stereocenters. The summed E-state index contributed by atoms with van der Waals surface area (Å²) in [6, 6.07) is 14.0. The molecule has 0 saturated carbocycles. The van der Waals surface area contributed by atoms with Crippen LogP contribution in [0.1, 0.15) is 86.8 Å². The van der Waals surface area contributed by atoms with Gasteiger partial charge in [0.2, 0.25) is 0 Å². The molecule has 0 aliphatic heterocycles. The van der Waals surface area contributed by atoms with Crippen LogP contribution in [0.4, 0.5) is 0 Å². The van der Waals surface area contributed by atoms with E-state index < -0.39 is 0 Å². The van der Waals surface area contributed by atoms with E-state index in [1.165, 1.54) is 33.4 Å². The van der Waals surface area contributed by atoms with Gasteiger partial charge in [-0.05, 0) is 58.1 Å². The zero-order valence-electron chi connectivity index (χ0n) is 18.1. The van der Waals surface area contributed by atoms with E-state index in [2.05, 4.69) is 91.1 Å². The second-order valence-electron chi connectivity index (χ2n) is 8.75. The van der Waals surface area contributed by atoms with Gasteiger partial charge in [-0.25, -0.2) is 0 Å². The van der Waals surface area contributed by atoms with Crippen molar-refractivity contribution in [3.8, 4) is 0 Å². The lowest BCUT2D eigenvalue weighted by Gasteiger charge is -2.29. The molecule has 0 saturated heterocycles. The van der Waals surface area contributed by atoms with Crippen LogP contribution < -0.4 is 0 Å². The summed E-state index contributed by atoms with van der Waals surface area (Å²) in [7, 11) is 0. The molecular formula is C27H36. The molecule has 0 atom stereocenters. The highest BCUT2D eigenvalue weighted by atomic mass is 14.3. The van der Waals surface area contributed by atoms with E-state index in [0.29, 0.717) is 11.8 Å². The number of rotatable bonds is 8. The van der Waals surface area contributed by atoms with Crippen LogP contribution in [-0.4, -0.2) is 0 Å². The van der Waals surface area contributed by atoms with Gasteiger partial charge in [0, 0.05) is 5.41 Å². The van der Waals surface area contributed by atoms with Crippen LogP contribution in [0.2, 0.25) is 0 Å². The summed E-state index contributed by atoms with van der Waals surface area (Å²) in [6.07, 6.45) is 5.87. The predicted octanol–water partition coefficient (Wildman–Crippen LogP) is 7.72. The molecule has 144 valence electrons. The van der Waals surface area contributed by atoms with Crippen LogP contribution in [-0.2, 0) is 18.3 Å². The summed E-state index contributed by atoms with van der Waals surface area (Å²) in [6.45, 7) is 21.6. The van der Waals surface area contributed by atoms with Crippen molar-refractivity contribution in [1.29, 1.82) is 0 Å². The molecule has 0 nitrogen and oxygen atoms in total. The van der Waals surface area contributed by atoms with E-state index in [-0.39, 0.29) is 5.41 Å². The second-order valence-corrected chi connectivity index (χ2v) is 8.75. The number of hydrogen-bond donors (Lipinski definition) is 0. The normalized spacial score (nSPS) is 11.9. The summed E-state index contributed by atoms with van der Waals surface area (Å²) in [4.78, 5) is 0. The Bertz CT molecular complexity index is 735. The highest BCUT2D eigenvalue weighted by Gasteiger charge is 2.25. The molecule has 0 bridgehead atoms. The molecule has 0 N–H and O–H groups in total. The molecule has 0 aromatic heterocycles. The van der Waals surface area contributed by atoms with Gasteiger partial charge in [0.05, 0.1) is 0 Å². The van der Waals surface area contributed by atoms with Crippen LogP contribution in [0.3, 0.4) is 0 Å². The average molecular weight is 361 g/mol. The fourth-order valence-corrected chi connectivity index (χ4v) is 3.95. The van der Waals surface area contributed by atoms with Crippen molar-refractivity contribution in [2.24, 2.45) is 0 Å². The third kappa shape index (κ3) is 4.61. The zero-order valence-corrected chi connectivity index (χ0v) is 18.1. The molecule has 0 radical (unpaired) electrons. The number of hydrogen-bond acceptors (Lipinski definition) is 0. The van der Waals surface area contributed by atoms with Gasteiger partial charge < -0.3 is 0 Å². The summed E-state index contributed by atoms with van der Waals surface area (Å²) in [5.74, 6) is 1.06. The monoisotopic (exact) mass is 360 g/mol. The van der Waals surface area contributed by atoms with Gasteiger partial charge in [0.25, 0.3) is 0 Å². The first-order chi connectivity index (χ1) is 12.7. The topological polar surface area (TPSA) is 0 Å². The van der Waals surface area contributed by atoms with E-state index in [1.54, 1.807) is 0 Å². The third-order valence-corrected chi connectivity index (χ3v) is 5.70. The zero-order chi connectivity index (χ0) is 20.2. The van der Waals surface area contributed by atoms with E-state index in [0.717, 1.165) is 12.8 Å². The Hall–Kier alpha value is -2.08. The fourth-order valence-electron chi connectivity index (χ4n) is 3.95. The van der Waals surface area contributed by atoms with Gasteiger partial charge in [-0.2, -0.15) is 0 Å². The minimum absolute atomic E-state index is 0.0448. The molecule has 0 amide bonds. The molecule has 2 rings (SSSR count). The van der Waals surface area contributed by atoms with Crippen molar-refractivity contribution >= 4 is 0 Å². The molecule has 0 fully saturated rings. The fraction of sp³-hybridized carbons (Fsp3) is 0.407. The minimum atomic E-state index is -0.0448. The van der Waals surface area contributed by atoms with Gasteiger partial charge in [-0.1, -0.05) is 90.1 Å². The first-order valence-corrected chi connectivity index (χ1v) is 10.2. The molecular weight excluding hydrogens is 324 g/mol. The van der Waals surface area contributed by atoms with Crippen molar-refractivity contribution in [1.82, 2.24) is 0 Å². The largest absolute Gasteiger partial charge is 0.103 e. The van der Waals surface area contributed by atoms with Crippen LogP contribution in [0, 0.1) is 0 Å². The smallest absolute Gasteiger partial charge is 0.0146 e. The maximum absolute atomic E-state index is 3.96. The predicted molar refractivity (Wildman–Crippen MR) is 121 cm³/mol. The lowest BCUT2D eigenvalue weighted by molar-refractivity contribution is 0.636. The van der Waals surface area contributed by atoms with Gasteiger partial charge in [-0.15, -0.1) is 13.2 Å². The van der Waals surface area contributed by atoms with E-state index in [4.69, 9.17) is 0 Å². The first kappa shape index (κ1) is 21.2. The Morgan fingerprint density at radius 1 is 0.741 bits per heavy atom. The van der Waals surface area contributed by atoms with Crippen LogP contribution in [0.5, 0.6) is 0 Å². The van der Waals surface area contributed by atoms with Gasteiger partial charge in [0.1, 0.15) is 0 Å². The van der Waals surface area contributed by atoms with Crippen molar-refractivity contribution in [3.63, 3.8) is 0 Å². The lowest BCUT2D eigenvalue weighted by Crippen LogP contribution is -2.20. The van der Waals surface area contributed by atoms with Crippen LogP contribution in [0.15, 0.2) is 61.7 Å². The Kier molecular flexibility index (Phi) is 6.87. The van der Waals surface area contributed by atoms with Crippen LogP contribution in [0.25, 0.3) is 0 Å². The molecule has 0 spiro atoms. The average Bonchev–Trinajstić information content (AvgIpc) is 2.61. The van der Waals surface area contributed by atoms with Gasteiger partial charge >= 0.3 is 0 Å². The summed E-state index contributed by atoms with van der Waals surface area (Å²) in [5.41, 5.74) is 8.34. The summed E-state index contributed by atoms with van der Waals surface area (Å²) < 4.78 is 0. The molecule has 0 aliphatic carbocycles. The molecule has 2 aromatic carbocycles. The molecule has 2 aromatic rings. The van der Waals surface area contributed by atoms with Gasteiger partial charge in [0.15, 0.2) is 0 Å². The van der Waals surface area contributed by atoms with Crippen molar-refractivity contribution in [2.75, 3.05) is 0 Å². The Morgan fingerprint density at radius 2 is 1.11 bits per heavy atom. The summed E-state index contributed by atoms with van der Waals surface area (Å²) >= 11 is 0. The number of benzene rings is 2. The standard InChI is InChI=1S/C27H36/c1-9-11-21-17-23(13-15-25(21)19(3)4)27(7,8)24-14-16-26(20(5)6)22(18-24)12-10-2/h9-10,13-20H,1-2,11-12H2,3-8H3. The molecule has 0 heterocycles.